The Morgan fingerprint density at radius 2 is 1.87 bits per heavy atom. The van der Waals surface area contributed by atoms with Crippen LogP contribution in [0.5, 0.6) is 5.75 Å². The highest BCUT2D eigenvalue weighted by Gasteiger charge is 2.34. The minimum absolute atomic E-state index is 0.0855. The maximum Gasteiger partial charge on any atom is 0.338 e. The second-order valence-electron chi connectivity index (χ2n) is 7.39. The van der Waals surface area contributed by atoms with E-state index in [4.69, 9.17) is 9.47 Å². The summed E-state index contributed by atoms with van der Waals surface area (Å²) in [6.07, 6.45) is 1.55. The Bertz CT molecular complexity index is 1060. The summed E-state index contributed by atoms with van der Waals surface area (Å²) in [5.41, 5.74) is 3.02. The number of hydrogen-bond acceptors (Lipinski definition) is 6. The fourth-order valence-electron chi connectivity index (χ4n) is 3.47. The summed E-state index contributed by atoms with van der Waals surface area (Å²) >= 11 is 0. The molecule has 0 bridgehead atoms. The number of allylic oxidation sites excluding steroid dienone is 1. The van der Waals surface area contributed by atoms with Crippen LogP contribution >= 0.6 is 0 Å². The van der Waals surface area contributed by atoms with Gasteiger partial charge in [0.05, 0.1) is 11.7 Å². The van der Waals surface area contributed by atoms with Gasteiger partial charge < -0.3 is 14.8 Å². The fraction of sp³-hybridized carbons (Fsp3) is 0.261. The third kappa shape index (κ3) is 4.05. The number of nitrogens with zero attached hydrogens (tertiary/aromatic N) is 3. The van der Waals surface area contributed by atoms with E-state index in [1.54, 1.807) is 4.68 Å². The van der Waals surface area contributed by atoms with Crippen molar-refractivity contribution in [2.45, 2.75) is 39.5 Å². The van der Waals surface area contributed by atoms with Gasteiger partial charge in [0.25, 0.3) is 0 Å². The Labute approximate surface area is 175 Å². The van der Waals surface area contributed by atoms with Crippen LogP contribution in [0, 0.1) is 0 Å². The minimum atomic E-state index is -0.444. The number of aromatic nitrogens is 3. The second kappa shape index (κ2) is 8.41. The second-order valence-corrected chi connectivity index (χ2v) is 7.39. The zero-order valence-electron chi connectivity index (χ0n) is 17.2. The molecule has 2 heterocycles. The number of ether oxygens (including phenoxy) is 2. The molecular weight excluding hydrogens is 380 g/mol. The number of benzene rings is 2. The molecule has 154 valence electrons. The van der Waals surface area contributed by atoms with E-state index in [2.05, 4.69) is 15.4 Å². The van der Waals surface area contributed by atoms with Crippen LogP contribution in [0.25, 0.3) is 0 Å². The Hall–Kier alpha value is -3.61. The number of fused-ring (bicyclic) bond motifs is 1. The summed E-state index contributed by atoms with van der Waals surface area (Å²) in [5, 5.41) is 7.49. The predicted octanol–water partition coefficient (Wildman–Crippen LogP) is 4.10. The number of rotatable bonds is 6. The quantitative estimate of drug-likeness (QED) is 0.623. The summed E-state index contributed by atoms with van der Waals surface area (Å²) in [5.74, 6) is 0.965. The van der Waals surface area contributed by atoms with Crippen LogP contribution in [0.2, 0.25) is 0 Å². The van der Waals surface area contributed by atoms with Crippen LogP contribution in [0.4, 0.5) is 5.95 Å². The third-order valence-corrected chi connectivity index (χ3v) is 4.79. The molecule has 7 nitrogen and oxygen atoms in total. The average Bonchev–Trinajstić information content (AvgIpc) is 3.20. The maximum absolute atomic E-state index is 13.1. The Balaban J connectivity index is 1.64. The highest BCUT2D eigenvalue weighted by atomic mass is 16.5. The van der Waals surface area contributed by atoms with Gasteiger partial charge in [-0.3, -0.25) is 0 Å². The van der Waals surface area contributed by atoms with Gasteiger partial charge in [-0.05, 0) is 44.0 Å². The lowest BCUT2D eigenvalue weighted by molar-refractivity contribution is -0.140. The number of carbonyl (C=O) groups is 1. The number of nitrogens with one attached hydrogen (secondary N) is 1. The molecule has 0 amide bonds. The van der Waals surface area contributed by atoms with Gasteiger partial charge in [-0.2, -0.15) is 10.1 Å². The fourth-order valence-corrected chi connectivity index (χ4v) is 3.47. The molecule has 0 radical (unpaired) electrons. The van der Waals surface area contributed by atoms with E-state index >= 15 is 0 Å². The Morgan fingerprint density at radius 1 is 1.13 bits per heavy atom. The molecule has 1 aliphatic rings. The number of hydrogen-bond donors (Lipinski definition) is 1. The molecule has 0 aliphatic carbocycles. The van der Waals surface area contributed by atoms with Crippen molar-refractivity contribution in [2.75, 3.05) is 5.32 Å². The summed E-state index contributed by atoms with van der Waals surface area (Å²) in [7, 11) is 0. The molecule has 1 aromatic heterocycles. The van der Waals surface area contributed by atoms with Crippen molar-refractivity contribution in [1.29, 1.82) is 0 Å². The molecule has 0 saturated carbocycles. The Morgan fingerprint density at radius 3 is 2.57 bits per heavy atom. The van der Waals surface area contributed by atoms with Gasteiger partial charge in [-0.1, -0.05) is 42.5 Å². The lowest BCUT2D eigenvalue weighted by Gasteiger charge is -2.28. The van der Waals surface area contributed by atoms with Gasteiger partial charge >= 0.3 is 5.97 Å². The van der Waals surface area contributed by atoms with Crippen molar-refractivity contribution in [3.05, 3.63) is 83.3 Å². The number of esters is 1. The van der Waals surface area contributed by atoms with Crippen LogP contribution in [-0.4, -0.2) is 26.8 Å². The summed E-state index contributed by atoms with van der Waals surface area (Å²) < 4.78 is 13.1. The van der Waals surface area contributed by atoms with Gasteiger partial charge in [0.1, 0.15) is 24.7 Å². The molecule has 1 N–H and O–H groups in total. The van der Waals surface area contributed by atoms with Gasteiger partial charge in [-0.25, -0.2) is 9.48 Å². The highest BCUT2D eigenvalue weighted by molar-refractivity contribution is 5.92. The molecular formula is C23H24N4O3. The average molecular weight is 404 g/mol. The summed E-state index contributed by atoms with van der Waals surface area (Å²) in [6, 6.07) is 16.9. The smallest absolute Gasteiger partial charge is 0.338 e. The van der Waals surface area contributed by atoms with Crippen LogP contribution in [0.3, 0.4) is 0 Å². The van der Waals surface area contributed by atoms with E-state index < -0.39 is 12.0 Å². The van der Waals surface area contributed by atoms with E-state index in [9.17, 15) is 4.79 Å². The van der Waals surface area contributed by atoms with Crippen molar-refractivity contribution < 1.29 is 14.3 Å². The monoisotopic (exact) mass is 404 g/mol. The van der Waals surface area contributed by atoms with Gasteiger partial charge in [-0.15, -0.1) is 0 Å². The number of carbonyl (C=O) groups excluding carboxylic acids is 1. The van der Waals surface area contributed by atoms with Crippen molar-refractivity contribution in [2.24, 2.45) is 0 Å². The highest BCUT2D eigenvalue weighted by Crippen LogP contribution is 2.36. The number of anilines is 1. The molecule has 1 aliphatic heterocycles. The van der Waals surface area contributed by atoms with E-state index in [1.165, 1.54) is 6.33 Å². The van der Waals surface area contributed by atoms with Gasteiger partial charge in [0.2, 0.25) is 5.95 Å². The largest absolute Gasteiger partial charge is 0.491 e. The molecule has 1 unspecified atom stereocenters. The molecule has 30 heavy (non-hydrogen) atoms. The van der Waals surface area contributed by atoms with Gasteiger partial charge in [0.15, 0.2) is 0 Å². The molecule has 3 aromatic rings. The van der Waals surface area contributed by atoms with E-state index in [0.29, 0.717) is 17.2 Å². The normalized spacial score (nSPS) is 15.5. The molecule has 2 aromatic carbocycles. The minimum Gasteiger partial charge on any atom is -0.491 e. The zero-order valence-corrected chi connectivity index (χ0v) is 17.2. The van der Waals surface area contributed by atoms with Crippen molar-refractivity contribution in [3.8, 4) is 5.75 Å². The first-order valence-corrected chi connectivity index (χ1v) is 9.88. The van der Waals surface area contributed by atoms with Gasteiger partial charge in [0, 0.05) is 5.70 Å². The van der Waals surface area contributed by atoms with Crippen LogP contribution < -0.4 is 10.1 Å². The van der Waals surface area contributed by atoms with Crippen molar-refractivity contribution >= 4 is 11.9 Å². The van der Waals surface area contributed by atoms with E-state index in [-0.39, 0.29) is 12.7 Å². The molecule has 7 heteroatoms. The van der Waals surface area contributed by atoms with E-state index in [1.807, 2.05) is 75.4 Å². The molecule has 0 fully saturated rings. The molecule has 0 saturated heterocycles. The molecule has 4 rings (SSSR count). The zero-order chi connectivity index (χ0) is 21.1. The first-order valence-electron chi connectivity index (χ1n) is 9.88. The predicted molar refractivity (Wildman–Crippen MR) is 113 cm³/mol. The summed E-state index contributed by atoms with van der Waals surface area (Å²) in [4.78, 5) is 17.4. The SMILES string of the molecule is CC1=C(C(=O)OCc2ccccc2)C(c2ccc(OC(C)C)cc2)n2ncnc2N1. The van der Waals surface area contributed by atoms with Crippen LogP contribution in [0.1, 0.15) is 37.9 Å². The Kier molecular flexibility index (Phi) is 5.52. The van der Waals surface area contributed by atoms with E-state index in [0.717, 1.165) is 16.9 Å². The standard InChI is InChI=1S/C23H24N4O3/c1-15(2)30-19-11-9-18(10-12-19)21-20(16(3)26-23-24-14-25-27(21)23)22(28)29-13-17-7-5-4-6-8-17/h4-12,14-15,21H,13H2,1-3H3,(H,24,25,26). The van der Waals surface area contributed by atoms with Crippen molar-refractivity contribution in [1.82, 2.24) is 14.8 Å². The van der Waals surface area contributed by atoms with Crippen molar-refractivity contribution in [3.63, 3.8) is 0 Å². The third-order valence-electron chi connectivity index (χ3n) is 4.79. The first kappa shape index (κ1) is 19.7. The summed E-state index contributed by atoms with van der Waals surface area (Å²) in [6.45, 7) is 6.01. The molecule has 0 spiro atoms. The first-order chi connectivity index (χ1) is 14.5. The van der Waals surface area contributed by atoms with Crippen LogP contribution in [0.15, 0.2) is 72.2 Å². The van der Waals surface area contributed by atoms with Crippen LogP contribution in [-0.2, 0) is 16.1 Å². The maximum atomic E-state index is 13.1. The molecule has 1 atom stereocenters. The lowest BCUT2D eigenvalue weighted by Crippen LogP contribution is -2.29. The lowest BCUT2D eigenvalue weighted by atomic mass is 9.95. The topological polar surface area (TPSA) is 78.3 Å².